The number of hydrogen-bond donors (Lipinski definition) is 0. The van der Waals surface area contributed by atoms with Crippen LogP contribution in [0.15, 0.2) is 23.3 Å². The summed E-state index contributed by atoms with van der Waals surface area (Å²) >= 11 is 0. The molecule has 0 unspecified atom stereocenters. The highest BCUT2D eigenvalue weighted by atomic mass is 19.1. The van der Waals surface area contributed by atoms with Crippen molar-refractivity contribution in [2.24, 2.45) is 5.92 Å². The van der Waals surface area contributed by atoms with Gasteiger partial charge in [0.25, 0.3) is 0 Å². The molecule has 0 aromatic heterocycles. The Morgan fingerprint density at radius 3 is 2.38 bits per heavy atom. The largest absolute Gasteiger partial charge is 0.247 e. The van der Waals surface area contributed by atoms with Gasteiger partial charge in [-0.1, -0.05) is 23.3 Å². The molecule has 0 amide bonds. The molecule has 0 radical (unpaired) electrons. The third-order valence-electron chi connectivity index (χ3n) is 3.25. The van der Waals surface area contributed by atoms with Crippen molar-refractivity contribution in [3.63, 3.8) is 0 Å². The number of alkyl halides is 1. The minimum Gasteiger partial charge on any atom is -0.247 e. The number of halogens is 1. The second kappa shape index (κ2) is 3.65. The van der Waals surface area contributed by atoms with Crippen LogP contribution in [0.2, 0.25) is 0 Å². The van der Waals surface area contributed by atoms with Crippen molar-refractivity contribution in [3.05, 3.63) is 23.3 Å². The van der Waals surface area contributed by atoms with Crippen molar-refractivity contribution in [2.75, 3.05) is 0 Å². The van der Waals surface area contributed by atoms with E-state index in [4.69, 9.17) is 0 Å². The summed E-state index contributed by atoms with van der Waals surface area (Å²) in [7, 11) is 0. The second-order valence-electron chi connectivity index (χ2n) is 4.38. The Hall–Kier alpha value is -0.590. The smallest absolute Gasteiger partial charge is 0.100 e. The van der Waals surface area contributed by atoms with Crippen molar-refractivity contribution >= 4 is 0 Å². The lowest BCUT2D eigenvalue weighted by Gasteiger charge is -2.25. The van der Waals surface area contributed by atoms with Crippen LogP contribution in [0.1, 0.15) is 39.0 Å². The van der Waals surface area contributed by atoms with Gasteiger partial charge < -0.3 is 0 Å². The lowest BCUT2D eigenvalue weighted by molar-refractivity contribution is 0.221. The molecule has 0 aliphatic heterocycles. The monoisotopic (exact) mass is 180 g/mol. The number of rotatable bonds is 1. The second-order valence-corrected chi connectivity index (χ2v) is 4.38. The molecule has 13 heavy (non-hydrogen) atoms. The molecule has 2 rings (SSSR count). The Kier molecular flexibility index (Phi) is 2.52. The molecule has 1 heteroatoms. The lowest BCUT2D eigenvalue weighted by atomic mass is 9.82. The minimum atomic E-state index is -0.521. The first-order valence-corrected chi connectivity index (χ1v) is 5.26. The quantitative estimate of drug-likeness (QED) is 0.576. The lowest BCUT2D eigenvalue weighted by Crippen LogP contribution is -2.16. The topological polar surface area (TPSA) is 0 Å². The van der Waals surface area contributed by atoms with E-state index in [1.54, 1.807) is 5.57 Å². The zero-order valence-corrected chi connectivity index (χ0v) is 8.22. The first kappa shape index (κ1) is 8.98. The molecule has 2 aliphatic rings. The number of allylic oxidation sites excluding steroid dienone is 4. The molecule has 72 valence electrons. The van der Waals surface area contributed by atoms with E-state index in [9.17, 15) is 4.39 Å². The normalized spacial score (nSPS) is 34.3. The van der Waals surface area contributed by atoms with Gasteiger partial charge in [-0.25, -0.2) is 4.39 Å². The minimum absolute atomic E-state index is 0.521. The third kappa shape index (κ3) is 2.01. The van der Waals surface area contributed by atoms with Crippen LogP contribution in [0.3, 0.4) is 0 Å². The molecule has 1 saturated carbocycles. The molecule has 0 N–H and O–H groups in total. The van der Waals surface area contributed by atoms with Gasteiger partial charge in [-0.05, 0) is 44.9 Å². The average Bonchev–Trinajstić information content (AvgIpc) is 2.53. The van der Waals surface area contributed by atoms with Crippen LogP contribution in [-0.4, -0.2) is 6.17 Å². The summed E-state index contributed by atoms with van der Waals surface area (Å²) in [6.45, 7) is 2.17. The third-order valence-corrected chi connectivity index (χ3v) is 3.25. The standard InChI is InChI=1S/C12H17F/c1-9-2-3-11(8-9)10-4-6-12(13)7-5-10/h2-3,10,12H,4-8H2,1H3. The fourth-order valence-electron chi connectivity index (χ4n) is 2.39. The molecule has 0 saturated heterocycles. The van der Waals surface area contributed by atoms with E-state index < -0.39 is 6.17 Å². The molecule has 0 spiro atoms. The summed E-state index contributed by atoms with van der Waals surface area (Å²) in [6.07, 6.45) is 8.76. The van der Waals surface area contributed by atoms with Gasteiger partial charge in [0.05, 0.1) is 0 Å². The molecule has 0 heterocycles. The summed E-state index contributed by atoms with van der Waals surface area (Å²) < 4.78 is 12.9. The Morgan fingerprint density at radius 2 is 1.85 bits per heavy atom. The SMILES string of the molecule is CC1=CC=C(C2CCC(F)CC2)C1. The van der Waals surface area contributed by atoms with Gasteiger partial charge in [-0.2, -0.15) is 0 Å². The van der Waals surface area contributed by atoms with Gasteiger partial charge in [0.15, 0.2) is 0 Å². The predicted molar refractivity (Wildman–Crippen MR) is 53.3 cm³/mol. The predicted octanol–water partition coefficient (Wildman–Crippen LogP) is 3.79. The van der Waals surface area contributed by atoms with Crippen LogP contribution in [0.25, 0.3) is 0 Å². The van der Waals surface area contributed by atoms with E-state index in [0.29, 0.717) is 5.92 Å². The van der Waals surface area contributed by atoms with Gasteiger partial charge in [0.2, 0.25) is 0 Å². The fraction of sp³-hybridized carbons (Fsp3) is 0.667. The summed E-state index contributed by atoms with van der Waals surface area (Å²) in [5.41, 5.74) is 3.00. The van der Waals surface area contributed by atoms with E-state index in [0.717, 1.165) is 32.1 Å². The van der Waals surface area contributed by atoms with Crippen molar-refractivity contribution < 1.29 is 4.39 Å². The maximum Gasteiger partial charge on any atom is 0.100 e. The highest BCUT2D eigenvalue weighted by Gasteiger charge is 2.24. The van der Waals surface area contributed by atoms with Crippen molar-refractivity contribution in [1.82, 2.24) is 0 Å². The summed E-state index contributed by atoms with van der Waals surface area (Å²) in [4.78, 5) is 0. The first-order valence-electron chi connectivity index (χ1n) is 5.26. The van der Waals surface area contributed by atoms with Crippen LogP contribution >= 0.6 is 0 Å². The van der Waals surface area contributed by atoms with Crippen LogP contribution in [0, 0.1) is 5.92 Å². The van der Waals surface area contributed by atoms with Crippen LogP contribution in [0.5, 0.6) is 0 Å². The van der Waals surface area contributed by atoms with Crippen LogP contribution in [0.4, 0.5) is 4.39 Å². The maximum absolute atomic E-state index is 12.9. The van der Waals surface area contributed by atoms with Crippen molar-refractivity contribution in [2.45, 2.75) is 45.2 Å². The Bertz CT molecular complexity index is 242. The Morgan fingerprint density at radius 1 is 1.15 bits per heavy atom. The van der Waals surface area contributed by atoms with Gasteiger partial charge in [-0.3, -0.25) is 0 Å². The molecule has 0 aromatic carbocycles. The van der Waals surface area contributed by atoms with Crippen LogP contribution in [-0.2, 0) is 0 Å². The molecule has 0 aromatic rings. The van der Waals surface area contributed by atoms with Crippen molar-refractivity contribution in [1.29, 1.82) is 0 Å². The molecule has 1 fully saturated rings. The van der Waals surface area contributed by atoms with Gasteiger partial charge in [-0.15, -0.1) is 0 Å². The van der Waals surface area contributed by atoms with Gasteiger partial charge >= 0.3 is 0 Å². The van der Waals surface area contributed by atoms with Gasteiger partial charge in [0.1, 0.15) is 6.17 Å². The summed E-state index contributed by atoms with van der Waals surface area (Å²) in [6, 6.07) is 0. The average molecular weight is 180 g/mol. The van der Waals surface area contributed by atoms with E-state index in [1.165, 1.54) is 5.57 Å². The maximum atomic E-state index is 12.9. The molecule has 0 atom stereocenters. The van der Waals surface area contributed by atoms with E-state index in [2.05, 4.69) is 19.1 Å². The highest BCUT2D eigenvalue weighted by Crippen LogP contribution is 2.36. The zero-order valence-electron chi connectivity index (χ0n) is 8.22. The van der Waals surface area contributed by atoms with E-state index >= 15 is 0 Å². The fourth-order valence-corrected chi connectivity index (χ4v) is 2.39. The number of hydrogen-bond acceptors (Lipinski definition) is 0. The van der Waals surface area contributed by atoms with E-state index in [1.807, 2.05) is 0 Å². The Balaban J connectivity index is 1.90. The zero-order chi connectivity index (χ0) is 9.26. The molecule has 2 aliphatic carbocycles. The van der Waals surface area contributed by atoms with Crippen LogP contribution < -0.4 is 0 Å². The molecular weight excluding hydrogens is 163 g/mol. The van der Waals surface area contributed by atoms with E-state index in [-0.39, 0.29) is 0 Å². The van der Waals surface area contributed by atoms with Gasteiger partial charge in [0, 0.05) is 0 Å². The molecule has 0 nitrogen and oxygen atoms in total. The Labute approximate surface area is 79.5 Å². The highest BCUT2D eigenvalue weighted by molar-refractivity contribution is 5.30. The molecule has 0 bridgehead atoms. The first-order chi connectivity index (χ1) is 6.25. The summed E-state index contributed by atoms with van der Waals surface area (Å²) in [5, 5.41) is 0. The van der Waals surface area contributed by atoms with Crippen molar-refractivity contribution in [3.8, 4) is 0 Å². The summed E-state index contributed by atoms with van der Waals surface area (Å²) in [5.74, 6) is 0.681. The molecular formula is C12H17F.